The van der Waals surface area contributed by atoms with Crippen LogP contribution < -0.4 is 15.6 Å². The highest BCUT2D eigenvalue weighted by atomic mass is 19.4. The maximum Gasteiger partial charge on any atom is 0.406 e. The number of aromatic nitrogens is 2. The van der Waals surface area contributed by atoms with E-state index in [1.807, 2.05) is 24.4 Å². The third-order valence-electron chi connectivity index (χ3n) is 17.6. The second-order valence-corrected chi connectivity index (χ2v) is 24.3. The molecule has 5 aliphatic rings. The summed E-state index contributed by atoms with van der Waals surface area (Å²) in [5.41, 5.74) is 13.5. The van der Waals surface area contributed by atoms with Crippen molar-refractivity contribution in [2.45, 2.75) is 155 Å². The van der Waals surface area contributed by atoms with Crippen molar-refractivity contribution in [1.82, 2.24) is 40.0 Å². The van der Waals surface area contributed by atoms with Gasteiger partial charge in [0, 0.05) is 86.3 Å². The van der Waals surface area contributed by atoms with E-state index >= 15 is 13.2 Å². The highest BCUT2D eigenvalue weighted by molar-refractivity contribution is 5.95. The van der Waals surface area contributed by atoms with E-state index in [1.165, 1.54) is 50.5 Å². The molecule has 2 N–H and O–H groups in total. The molecule has 3 aliphatic heterocycles. The normalized spacial score (nSPS) is 20.4. The molecule has 0 bridgehead atoms. The SMILES string of the molecule is C=CCCC(C)(C)Cc1c(-c2cc(N3CCN(C4CC4)CC3)cnc2C(C)C)n(CC(F)(F)F)c2ccc(-c3cccc(CC(NC(=C)C(C4CCCC4)N4CCC(CN(C)CC)C4)C(=C)N4CCCCN4)c3)cc12. The Morgan fingerprint density at radius 1 is 0.920 bits per heavy atom. The molecule has 2 aromatic carbocycles. The fraction of sp³-hybridized carbons (Fsp3) is 0.603. The Morgan fingerprint density at radius 3 is 2.36 bits per heavy atom. The molecular formula is C63H90F3N9. The number of nitrogens with one attached hydrogen (secondary N) is 2. The fourth-order valence-electron chi connectivity index (χ4n) is 13.3. The number of allylic oxidation sites excluding steroid dienone is 1. The number of likely N-dealkylation sites (tertiary alicyclic amines) is 1. The first kappa shape index (κ1) is 55.1. The van der Waals surface area contributed by atoms with Crippen LogP contribution in [0, 0.1) is 17.3 Å². The summed E-state index contributed by atoms with van der Waals surface area (Å²) in [7, 11) is 2.24. The number of hydrogen-bond acceptors (Lipinski definition) is 8. The molecule has 3 unspecified atom stereocenters. The van der Waals surface area contributed by atoms with Gasteiger partial charge in [0.05, 0.1) is 35.4 Å². The Kier molecular flexibility index (Phi) is 17.6. The summed E-state index contributed by atoms with van der Waals surface area (Å²) < 4.78 is 47.0. The lowest BCUT2D eigenvalue weighted by Gasteiger charge is -2.39. The van der Waals surface area contributed by atoms with Crippen LogP contribution in [0.15, 0.2) is 91.9 Å². The van der Waals surface area contributed by atoms with Gasteiger partial charge in [-0.05, 0) is 154 Å². The fourth-order valence-corrected chi connectivity index (χ4v) is 13.3. The summed E-state index contributed by atoms with van der Waals surface area (Å²) in [6.07, 6.45) is 13.5. The Labute approximate surface area is 448 Å². The van der Waals surface area contributed by atoms with Gasteiger partial charge in [0.15, 0.2) is 0 Å². The zero-order valence-electron chi connectivity index (χ0n) is 46.6. The molecule has 0 spiro atoms. The number of anilines is 1. The molecule has 5 fully saturated rings. The average molecular weight is 1030 g/mol. The van der Waals surface area contributed by atoms with Crippen LogP contribution in [0.25, 0.3) is 33.3 Å². The van der Waals surface area contributed by atoms with Crippen molar-refractivity contribution < 1.29 is 13.2 Å². The molecule has 0 amide bonds. The maximum atomic E-state index is 15.1. The standard InChI is InChI=1S/C63H90F3N9/c1-10-12-27-62(7,8)39-56-54-37-51(22-25-58(54)74(43-63(64,65)66)61(56)55-38-53(40-67-59(55)44(3)4)72-33-31-71(32-34-72)52-23-24-52)50-21-17-18-47(35-50)36-57(46(6)75-29-16-15-28-68-75)69-45(5)60(49-19-13-14-20-49)73-30-26-48(42-73)41-70(9)11-2/h10,17-18,21-22,25,35,37-38,40,44,48-49,52,57,60,68-69H,1,5-6,11-16,19-20,23-24,26-34,36,39,41-43H2,2-4,7-9H3. The summed E-state index contributed by atoms with van der Waals surface area (Å²) >= 11 is 0. The lowest BCUT2D eigenvalue weighted by Crippen LogP contribution is -2.51. The van der Waals surface area contributed by atoms with Crippen LogP contribution in [0.4, 0.5) is 18.9 Å². The van der Waals surface area contributed by atoms with Crippen molar-refractivity contribution in [2.75, 3.05) is 77.4 Å². The molecule has 2 aliphatic carbocycles. The molecule has 3 atom stereocenters. The quantitative estimate of drug-likeness (QED) is 0.0713. The van der Waals surface area contributed by atoms with E-state index < -0.39 is 12.7 Å². The van der Waals surface area contributed by atoms with Gasteiger partial charge < -0.3 is 24.7 Å². The Morgan fingerprint density at radius 2 is 1.68 bits per heavy atom. The van der Waals surface area contributed by atoms with Crippen molar-refractivity contribution in [3.05, 3.63) is 109 Å². The van der Waals surface area contributed by atoms with Crippen LogP contribution in [0.3, 0.4) is 0 Å². The molecule has 3 saturated heterocycles. The number of hydrogen-bond donors (Lipinski definition) is 2. The molecular weight excluding hydrogens is 940 g/mol. The second kappa shape index (κ2) is 24.0. The van der Waals surface area contributed by atoms with Crippen LogP contribution in [-0.4, -0.2) is 126 Å². The van der Waals surface area contributed by atoms with E-state index in [2.05, 4.69) is 120 Å². The summed E-state index contributed by atoms with van der Waals surface area (Å²) in [5, 5.41) is 7.19. The maximum absolute atomic E-state index is 15.1. The number of benzene rings is 2. The molecule has 5 heterocycles. The number of piperazine rings is 1. The molecule has 0 radical (unpaired) electrons. The lowest BCUT2D eigenvalue weighted by molar-refractivity contribution is -0.139. The zero-order chi connectivity index (χ0) is 53.0. The Bertz CT molecular complexity index is 2590. The van der Waals surface area contributed by atoms with E-state index in [-0.39, 0.29) is 23.4 Å². The molecule has 2 saturated carbocycles. The van der Waals surface area contributed by atoms with E-state index in [0.717, 1.165) is 142 Å². The van der Waals surface area contributed by atoms with Gasteiger partial charge in [0.25, 0.3) is 0 Å². The van der Waals surface area contributed by atoms with Crippen LogP contribution in [-0.2, 0) is 19.4 Å². The van der Waals surface area contributed by atoms with Crippen LogP contribution in [0.5, 0.6) is 0 Å². The summed E-state index contributed by atoms with van der Waals surface area (Å²) in [4.78, 5) is 15.3. The Hall–Kier alpha value is -4.62. The van der Waals surface area contributed by atoms with Crippen LogP contribution >= 0.6 is 0 Å². The van der Waals surface area contributed by atoms with Gasteiger partial charge in [-0.3, -0.25) is 14.8 Å². The first-order valence-corrected chi connectivity index (χ1v) is 29.0. The first-order valence-electron chi connectivity index (χ1n) is 29.0. The highest BCUT2D eigenvalue weighted by Gasteiger charge is 2.39. The molecule has 12 heteroatoms. The summed E-state index contributed by atoms with van der Waals surface area (Å²) in [6, 6.07) is 18.0. The highest BCUT2D eigenvalue weighted by Crippen LogP contribution is 2.45. The number of rotatable bonds is 23. The number of hydrazine groups is 1. The monoisotopic (exact) mass is 1030 g/mol. The van der Waals surface area contributed by atoms with Crippen molar-refractivity contribution >= 4 is 16.6 Å². The van der Waals surface area contributed by atoms with Gasteiger partial charge >= 0.3 is 6.18 Å². The predicted octanol–water partition coefficient (Wildman–Crippen LogP) is 12.8. The zero-order valence-corrected chi connectivity index (χ0v) is 46.6. The topological polar surface area (TPSA) is 58.1 Å². The van der Waals surface area contributed by atoms with Gasteiger partial charge in [-0.2, -0.15) is 13.2 Å². The van der Waals surface area contributed by atoms with E-state index in [0.29, 0.717) is 41.9 Å². The summed E-state index contributed by atoms with van der Waals surface area (Å²) in [5.74, 6) is 1.24. The minimum Gasteiger partial charge on any atom is -0.379 e. The average Bonchev–Trinajstić information content (AvgIpc) is 3.81. The number of halogens is 3. The van der Waals surface area contributed by atoms with Gasteiger partial charge in [-0.25, -0.2) is 5.43 Å². The van der Waals surface area contributed by atoms with Crippen molar-refractivity contribution in [3.8, 4) is 22.4 Å². The molecule has 2 aromatic heterocycles. The molecule has 9 rings (SSSR count). The van der Waals surface area contributed by atoms with Crippen molar-refractivity contribution in [3.63, 3.8) is 0 Å². The van der Waals surface area contributed by atoms with Crippen LogP contribution in [0.1, 0.15) is 128 Å². The second-order valence-electron chi connectivity index (χ2n) is 24.3. The minimum atomic E-state index is -4.45. The van der Waals surface area contributed by atoms with Crippen molar-refractivity contribution in [1.29, 1.82) is 0 Å². The number of nitrogens with zero attached hydrogens (tertiary/aromatic N) is 7. The molecule has 408 valence electrons. The number of alkyl halides is 3. The van der Waals surface area contributed by atoms with Crippen molar-refractivity contribution in [2.24, 2.45) is 17.3 Å². The largest absolute Gasteiger partial charge is 0.406 e. The van der Waals surface area contributed by atoms with E-state index in [1.54, 1.807) is 4.57 Å². The summed E-state index contributed by atoms with van der Waals surface area (Å²) in [6.45, 7) is 33.5. The molecule has 4 aromatic rings. The van der Waals surface area contributed by atoms with Crippen LogP contribution in [0.2, 0.25) is 0 Å². The molecule has 9 nitrogen and oxygen atoms in total. The minimum absolute atomic E-state index is 0.00527. The number of fused-ring (bicyclic) bond motifs is 1. The first-order chi connectivity index (χ1) is 36.0. The third-order valence-corrected chi connectivity index (χ3v) is 17.6. The Balaban J connectivity index is 1.09. The predicted molar refractivity (Wildman–Crippen MR) is 306 cm³/mol. The third kappa shape index (κ3) is 13.4. The van der Waals surface area contributed by atoms with Gasteiger partial charge in [0.1, 0.15) is 6.54 Å². The van der Waals surface area contributed by atoms with E-state index in [9.17, 15) is 0 Å². The van der Waals surface area contributed by atoms with Gasteiger partial charge in [-0.1, -0.05) is 97.0 Å². The van der Waals surface area contributed by atoms with Gasteiger partial charge in [-0.15, -0.1) is 6.58 Å². The lowest BCUT2D eigenvalue weighted by atomic mass is 9.80. The molecule has 75 heavy (non-hydrogen) atoms. The smallest absolute Gasteiger partial charge is 0.379 e. The van der Waals surface area contributed by atoms with Gasteiger partial charge in [0.2, 0.25) is 0 Å². The number of pyridine rings is 1. The van der Waals surface area contributed by atoms with E-state index in [4.69, 9.17) is 18.1 Å².